The zero-order valence-electron chi connectivity index (χ0n) is 29.9. The molecular weight excluding hydrogens is 666 g/mol. The minimum Gasteiger partial charge on any atom is -0.508 e. The van der Waals surface area contributed by atoms with Gasteiger partial charge in [0, 0.05) is 43.2 Å². The Morgan fingerprint density at radius 2 is 1.83 bits per heavy atom. The summed E-state index contributed by atoms with van der Waals surface area (Å²) in [6, 6.07) is 12.8. The fourth-order valence-electron chi connectivity index (χ4n) is 8.35. The third-order valence-corrected chi connectivity index (χ3v) is 10.5. The predicted molar refractivity (Wildman–Crippen MR) is 194 cm³/mol. The summed E-state index contributed by atoms with van der Waals surface area (Å²) in [5.74, 6) is -1.86. The van der Waals surface area contributed by atoms with Gasteiger partial charge in [0.05, 0.1) is 49.7 Å². The molecule has 1 fully saturated rings. The molecule has 1 saturated carbocycles. The second kappa shape index (κ2) is 18.5. The van der Waals surface area contributed by atoms with Gasteiger partial charge in [-0.05, 0) is 85.6 Å². The number of allylic oxidation sites excluding steroid dienone is 1. The molecule has 2 aromatic rings. The third-order valence-electron chi connectivity index (χ3n) is 10.5. The van der Waals surface area contributed by atoms with Crippen molar-refractivity contribution in [2.45, 2.75) is 62.7 Å². The molecule has 2 aliphatic carbocycles. The summed E-state index contributed by atoms with van der Waals surface area (Å²) in [5, 5.41) is 53.7. The van der Waals surface area contributed by atoms with E-state index >= 15 is 0 Å². The van der Waals surface area contributed by atoms with E-state index in [1.807, 2.05) is 0 Å². The van der Waals surface area contributed by atoms with E-state index in [1.165, 1.54) is 7.11 Å². The van der Waals surface area contributed by atoms with Crippen molar-refractivity contribution in [1.82, 2.24) is 4.90 Å². The lowest BCUT2D eigenvalue weighted by atomic mass is 9.55. The Balaban J connectivity index is 1.75. The van der Waals surface area contributed by atoms with Gasteiger partial charge in [-0.1, -0.05) is 30.1 Å². The number of aromatic hydroxyl groups is 1. The van der Waals surface area contributed by atoms with Crippen molar-refractivity contribution in [3.05, 3.63) is 83.5 Å². The van der Waals surface area contributed by atoms with Crippen molar-refractivity contribution in [2.24, 2.45) is 22.9 Å². The summed E-state index contributed by atoms with van der Waals surface area (Å²) >= 11 is 0. The molecule has 4 N–H and O–H groups in total. The van der Waals surface area contributed by atoms with Crippen LogP contribution in [0.2, 0.25) is 0 Å². The molecule has 12 nitrogen and oxygen atoms in total. The molecule has 0 saturated heterocycles. The number of aliphatic hydroxyl groups excluding tert-OH is 3. The number of rotatable bonds is 19. The van der Waals surface area contributed by atoms with Crippen LogP contribution in [0.3, 0.4) is 0 Å². The first-order valence-corrected chi connectivity index (χ1v) is 18.2. The summed E-state index contributed by atoms with van der Waals surface area (Å²) in [7, 11) is 1.49. The standard InChI is InChI=1S/C40H51N3O9/c1-3-20-51-40-36(43(16-21-50-22-19-46)39(48)28-12-10-27(26-41)11-13-28)25-34(42-49-2)32-23-29(8-4-6-17-44)31(9-5-7-18-45)37(38(32)40)33-24-30(47)14-15-35(33)52-40/h3,10-15,23-24,29,31,36-38,44-47H,1,4-9,16-22,25H2,2H3. The number of amides is 1. The van der Waals surface area contributed by atoms with E-state index < -0.39 is 17.7 Å². The van der Waals surface area contributed by atoms with Gasteiger partial charge in [-0.25, -0.2) is 0 Å². The summed E-state index contributed by atoms with van der Waals surface area (Å²) in [5.41, 5.74) is 3.13. The predicted octanol–water partition coefficient (Wildman–Crippen LogP) is 4.68. The number of oxime groups is 1. The van der Waals surface area contributed by atoms with Gasteiger partial charge in [0.2, 0.25) is 5.79 Å². The number of benzene rings is 2. The van der Waals surface area contributed by atoms with E-state index in [-0.39, 0.29) is 82.0 Å². The highest BCUT2D eigenvalue weighted by Crippen LogP contribution is 2.61. The van der Waals surface area contributed by atoms with Crippen LogP contribution in [0, 0.1) is 29.1 Å². The summed E-state index contributed by atoms with van der Waals surface area (Å²) in [6.07, 6.45) is 8.55. The SMILES string of the molecule is C=CCOC12Oc3ccc(O)cc3C3C(CCCCO)C(CCCCO)C=C(C(=NOC)CC1N(CCOCCO)C(=O)c1ccc(C#N)cc1)C32. The number of nitrogens with zero attached hydrogens (tertiary/aromatic N) is 3. The molecule has 12 heteroatoms. The van der Waals surface area contributed by atoms with Gasteiger partial charge in [0.1, 0.15) is 24.7 Å². The van der Waals surface area contributed by atoms with Crippen LogP contribution >= 0.6 is 0 Å². The van der Waals surface area contributed by atoms with Crippen molar-refractivity contribution >= 4 is 11.6 Å². The highest BCUT2D eigenvalue weighted by Gasteiger charge is 2.65. The van der Waals surface area contributed by atoms with Gasteiger partial charge in [-0.15, -0.1) is 6.58 Å². The number of carbonyl (C=O) groups is 1. The lowest BCUT2D eigenvalue weighted by Crippen LogP contribution is -2.70. The smallest absolute Gasteiger partial charge is 0.254 e. The van der Waals surface area contributed by atoms with E-state index in [0.717, 1.165) is 36.8 Å². The molecule has 2 aromatic carbocycles. The first-order valence-electron chi connectivity index (χ1n) is 18.2. The summed E-state index contributed by atoms with van der Waals surface area (Å²) < 4.78 is 19.7. The molecular formula is C40H51N3O9. The zero-order valence-corrected chi connectivity index (χ0v) is 29.9. The molecule has 280 valence electrons. The van der Waals surface area contributed by atoms with Crippen molar-refractivity contribution in [3.8, 4) is 17.6 Å². The van der Waals surface area contributed by atoms with Crippen LogP contribution in [0.1, 0.15) is 72.3 Å². The minimum atomic E-state index is -1.47. The van der Waals surface area contributed by atoms with Crippen molar-refractivity contribution in [2.75, 3.05) is 53.3 Å². The van der Waals surface area contributed by atoms with Crippen LogP contribution < -0.4 is 4.74 Å². The Morgan fingerprint density at radius 1 is 1.08 bits per heavy atom. The highest BCUT2D eigenvalue weighted by atomic mass is 16.7. The van der Waals surface area contributed by atoms with Gasteiger partial charge < -0.3 is 44.4 Å². The van der Waals surface area contributed by atoms with Gasteiger partial charge in [-0.3, -0.25) is 4.79 Å². The normalized spacial score (nSPS) is 25.2. The molecule has 6 atom stereocenters. The Bertz CT molecular complexity index is 1620. The van der Waals surface area contributed by atoms with E-state index in [4.69, 9.17) is 19.0 Å². The lowest BCUT2D eigenvalue weighted by Gasteiger charge is -2.60. The molecule has 1 aliphatic heterocycles. The lowest BCUT2D eigenvalue weighted by molar-refractivity contribution is -0.254. The number of nitriles is 1. The molecule has 0 radical (unpaired) electrons. The van der Waals surface area contributed by atoms with Gasteiger partial charge in [0.15, 0.2) is 0 Å². The molecule has 1 heterocycles. The average molecular weight is 718 g/mol. The Kier molecular flexibility index (Phi) is 13.9. The number of fused-ring (bicyclic) bond motifs is 2. The quantitative estimate of drug-likeness (QED) is 0.0908. The Hall–Kier alpha value is -4.25. The third kappa shape index (κ3) is 8.19. The number of ether oxygens (including phenoxy) is 3. The van der Waals surface area contributed by atoms with Gasteiger partial charge >= 0.3 is 0 Å². The van der Waals surface area contributed by atoms with E-state index in [0.29, 0.717) is 35.4 Å². The number of carbonyl (C=O) groups excluding carboxylic acids is 1. The number of phenolic OH excluding ortho intramolecular Hbond substituents is 1. The fraction of sp³-hybridized carbons (Fsp3) is 0.525. The fourth-order valence-corrected chi connectivity index (χ4v) is 8.35. The monoisotopic (exact) mass is 717 g/mol. The minimum absolute atomic E-state index is 0.0215. The zero-order chi connectivity index (χ0) is 37.1. The molecule has 52 heavy (non-hydrogen) atoms. The van der Waals surface area contributed by atoms with Crippen molar-refractivity contribution in [1.29, 1.82) is 5.26 Å². The van der Waals surface area contributed by atoms with Gasteiger partial charge in [0.25, 0.3) is 5.91 Å². The maximum Gasteiger partial charge on any atom is 0.254 e. The number of hydrogen-bond donors (Lipinski definition) is 4. The van der Waals surface area contributed by atoms with Crippen LogP contribution in [-0.2, 0) is 14.3 Å². The molecule has 0 aromatic heterocycles. The van der Waals surface area contributed by atoms with Crippen LogP contribution in [0.25, 0.3) is 0 Å². The highest BCUT2D eigenvalue weighted by molar-refractivity contribution is 6.03. The number of aliphatic hydroxyl groups is 3. The first-order chi connectivity index (χ1) is 25.4. The number of hydrogen-bond acceptors (Lipinski definition) is 11. The van der Waals surface area contributed by atoms with Crippen molar-refractivity contribution < 1.29 is 44.3 Å². The molecule has 6 unspecified atom stereocenters. The summed E-state index contributed by atoms with van der Waals surface area (Å²) in [4.78, 5) is 21.8. The van der Waals surface area contributed by atoms with Crippen LogP contribution in [-0.4, -0.2) is 102 Å². The maximum absolute atomic E-state index is 14.7. The van der Waals surface area contributed by atoms with Crippen LogP contribution in [0.4, 0.5) is 0 Å². The number of phenols is 1. The number of unbranched alkanes of at least 4 members (excludes halogenated alkanes) is 2. The van der Waals surface area contributed by atoms with E-state index in [2.05, 4.69) is 23.9 Å². The molecule has 0 spiro atoms. The summed E-state index contributed by atoms with van der Waals surface area (Å²) in [6.45, 7) is 4.37. The van der Waals surface area contributed by atoms with Gasteiger partial charge in [-0.2, -0.15) is 5.26 Å². The van der Waals surface area contributed by atoms with E-state index in [1.54, 1.807) is 53.4 Å². The molecule has 1 amide bonds. The van der Waals surface area contributed by atoms with E-state index in [9.17, 15) is 30.5 Å². The first kappa shape index (κ1) is 39.0. The second-order valence-corrected chi connectivity index (χ2v) is 13.5. The Morgan fingerprint density at radius 3 is 2.50 bits per heavy atom. The van der Waals surface area contributed by atoms with Crippen LogP contribution in [0.5, 0.6) is 11.5 Å². The van der Waals surface area contributed by atoms with Crippen molar-refractivity contribution in [3.63, 3.8) is 0 Å². The average Bonchev–Trinajstić information content (AvgIpc) is 3.16. The maximum atomic E-state index is 14.7. The molecule has 3 aliphatic rings. The Labute approximate surface area is 305 Å². The van der Waals surface area contributed by atoms with Crippen LogP contribution in [0.15, 0.2) is 71.9 Å². The largest absolute Gasteiger partial charge is 0.508 e. The second-order valence-electron chi connectivity index (χ2n) is 13.5. The molecule has 5 rings (SSSR count). The topological polar surface area (TPSA) is 174 Å². The molecule has 0 bridgehead atoms.